The quantitative estimate of drug-likeness (QED) is 0.617. The van der Waals surface area contributed by atoms with Crippen molar-refractivity contribution in [3.8, 4) is 0 Å². The largest absolute Gasteiger partial charge is 0.228 e. The van der Waals surface area contributed by atoms with Gasteiger partial charge in [-0.15, -0.1) is 0 Å². The topological polar surface area (TPSA) is 12.9 Å². The summed E-state index contributed by atoms with van der Waals surface area (Å²) >= 11 is 0. The summed E-state index contributed by atoms with van der Waals surface area (Å²) in [5.41, 5.74) is 3.18. The van der Waals surface area contributed by atoms with Crippen molar-refractivity contribution in [3.05, 3.63) is 54.0 Å². The van der Waals surface area contributed by atoms with E-state index in [0.29, 0.717) is 0 Å². The molecule has 14 heavy (non-hydrogen) atoms. The lowest BCUT2D eigenvalue weighted by Crippen LogP contribution is -1.94. The van der Waals surface area contributed by atoms with Crippen molar-refractivity contribution in [3.63, 3.8) is 0 Å². The van der Waals surface area contributed by atoms with Gasteiger partial charge in [-0.3, -0.25) is 0 Å². The van der Waals surface area contributed by atoms with E-state index in [1.54, 1.807) is 0 Å². The Balaban J connectivity index is 2.44. The third-order valence-corrected chi connectivity index (χ3v) is 2.29. The monoisotopic (exact) mass is 188 g/mol. The molecule has 1 nitrogen and oxygen atoms in total. The van der Waals surface area contributed by atoms with Crippen LogP contribution in [0.5, 0.6) is 0 Å². The molecule has 0 unspecified atom stereocenters. The number of hydrogen-bond acceptors (Lipinski definition) is 1. The van der Waals surface area contributed by atoms with Gasteiger partial charge in [-0.2, -0.15) is 4.39 Å². The first-order valence-corrected chi connectivity index (χ1v) is 4.60. The van der Waals surface area contributed by atoms with Gasteiger partial charge in [-0.1, -0.05) is 12.2 Å². The average Bonchev–Trinajstić information content (AvgIpc) is 2.18. The smallest absolute Gasteiger partial charge is 0.213 e. The number of rotatable bonds is 1. The van der Waals surface area contributed by atoms with Crippen LogP contribution in [0.25, 0.3) is 5.57 Å². The van der Waals surface area contributed by atoms with E-state index in [0.717, 1.165) is 17.6 Å². The highest BCUT2D eigenvalue weighted by Crippen LogP contribution is 2.27. The fourth-order valence-electron chi connectivity index (χ4n) is 1.60. The van der Waals surface area contributed by atoms with Gasteiger partial charge in [-0.25, -0.2) is 4.98 Å². The zero-order chi connectivity index (χ0) is 9.97. The molecule has 0 fully saturated rings. The van der Waals surface area contributed by atoms with Gasteiger partial charge >= 0.3 is 0 Å². The summed E-state index contributed by atoms with van der Waals surface area (Å²) in [6, 6.07) is 3.30. The number of pyridine rings is 1. The molecule has 0 saturated heterocycles. The van der Waals surface area contributed by atoms with Crippen LogP contribution in [0.4, 0.5) is 4.39 Å². The zero-order valence-electron chi connectivity index (χ0n) is 8.00. The molecule has 0 spiro atoms. The molecule has 1 aliphatic carbocycles. The number of hydrogen-bond donors (Lipinski definition) is 0. The first kappa shape index (κ1) is 9.13. The zero-order valence-corrected chi connectivity index (χ0v) is 8.00. The van der Waals surface area contributed by atoms with E-state index in [-0.39, 0.29) is 0 Å². The van der Waals surface area contributed by atoms with Crippen molar-refractivity contribution in [1.82, 2.24) is 4.98 Å². The second kappa shape index (κ2) is 3.74. The molecule has 71 valence electrons. The maximum Gasteiger partial charge on any atom is 0.213 e. The average molecular weight is 188 g/mol. The fraction of sp³-hybridized carbons (Fsp3) is 0.167. The lowest BCUT2D eigenvalue weighted by Gasteiger charge is -2.12. The number of halogens is 1. The Morgan fingerprint density at radius 3 is 3.00 bits per heavy atom. The van der Waals surface area contributed by atoms with Gasteiger partial charge in [0.25, 0.3) is 0 Å². The normalized spacial score (nSPS) is 16.1. The van der Waals surface area contributed by atoms with Gasteiger partial charge in [-0.05, 0) is 42.5 Å². The van der Waals surface area contributed by atoms with Gasteiger partial charge in [0.05, 0.1) is 0 Å². The summed E-state index contributed by atoms with van der Waals surface area (Å²) in [5, 5.41) is 0. The highest BCUT2D eigenvalue weighted by molar-refractivity contribution is 5.77. The Morgan fingerprint density at radius 1 is 1.43 bits per heavy atom. The summed E-state index contributed by atoms with van der Waals surface area (Å²) in [4.78, 5) is 3.54. The lowest BCUT2D eigenvalue weighted by molar-refractivity contribution is 0.583. The van der Waals surface area contributed by atoms with Crippen LogP contribution in [0.3, 0.4) is 0 Å². The Labute approximate surface area is 83.0 Å². The van der Waals surface area contributed by atoms with Gasteiger partial charge in [0, 0.05) is 12.3 Å². The summed E-state index contributed by atoms with van der Waals surface area (Å²) in [6.07, 6.45) is 8.67. The minimum absolute atomic E-state index is 0.425. The molecule has 0 N–H and O–H groups in total. The van der Waals surface area contributed by atoms with Crippen LogP contribution in [0.2, 0.25) is 0 Å². The van der Waals surface area contributed by atoms with Crippen molar-refractivity contribution in [2.75, 3.05) is 0 Å². The van der Waals surface area contributed by atoms with Gasteiger partial charge in [0.1, 0.15) is 0 Å². The first-order valence-electron chi connectivity index (χ1n) is 4.60. The molecule has 1 aliphatic rings. The maximum atomic E-state index is 12.9. The molecule has 0 saturated carbocycles. The van der Waals surface area contributed by atoms with E-state index in [2.05, 4.69) is 23.6 Å². The van der Waals surface area contributed by atoms with Crippen LogP contribution < -0.4 is 0 Å². The van der Waals surface area contributed by atoms with Crippen molar-refractivity contribution >= 4 is 5.57 Å². The third kappa shape index (κ3) is 1.74. The van der Waals surface area contributed by atoms with E-state index >= 15 is 0 Å². The standard InChI is InChI=1S/C12H11FN/c1-9-4-2-3-5-11(9)10-6-7-14-12(13)8-10/h2,4-8H,3H2,1H3. The second-order valence-electron chi connectivity index (χ2n) is 3.31. The molecule has 0 amide bonds. The summed E-state index contributed by atoms with van der Waals surface area (Å²) in [7, 11) is 0. The maximum absolute atomic E-state index is 12.9. The van der Waals surface area contributed by atoms with E-state index in [9.17, 15) is 4.39 Å². The van der Waals surface area contributed by atoms with E-state index in [1.165, 1.54) is 17.8 Å². The molecule has 1 aromatic rings. The minimum atomic E-state index is -0.425. The van der Waals surface area contributed by atoms with Gasteiger partial charge < -0.3 is 0 Å². The Bertz CT molecular complexity index is 405. The predicted octanol–water partition coefficient (Wildman–Crippen LogP) is 3.16. The van der Waals surface area contributed by atoms with Crippen LogP contribution >= 0.6 is 0 Å². The third-order valence-electron chi connectivity index (χ3n) is 2.29. The summed E-state index contributed by atoms with van der Waals surface area (Å²) in [5.74, 6) is -0.425. The first-order chi connectivity index (χ1) is 6.77. The van der Waals surface area contributed by atoms with Crippen molar-refractivity contribution in [1.29, 1.82) is 0 Å². The molecule has 2 rings (SSSR count). The van der Waals surface area contributed by atoms with Gasteiger partial charge in [0.2, 0.25) is 5.95 Å². The van der Waals surface area contributed by atoms with E-state index in [4.69, 9.17) is 0 Å². The Hall–Kier alpha value is -1.44. The molecule has 0 aromatic carbocycles. The predicted molar refractivity (Wildman–Crippen MR) is 54.8 cm³/mol. The molecule has 0 bridgehead atoms. The molecule has 1 radical (unpaired) electrons. The van der Waals surface area contributed by atoms with Gasteiger partial charge in [0.15, 0.2) is 0 Å². The number of aromatic nitrogens is 1. The molecule has 0 atom stereocenters. The Kier molecular flexibility index (Phi) is 2.44. The van der Waals surface area contributed by atoms with E-state index < -0.39 is 5.95 Å². The van der Waals surface area contributed by atoms with Crippen LogP contribution in [0, 0.1) is 12.4 Å². The summed E-state index contributed by atoms with van der Waals surface area (Å²) < 4.78 is 12.9. The minimum Gasteiger partial charge on any atom is -0.228 e. The van der Waals surface area contributed by atoms with Crippen LogP contribution in [-0.4, -0.2) is 4.98 Å². The van der Waals surface area contributed by atoms with Crippen LogP contribution in [-0.2, 0) is 0 Å². The lowest BCUT2D eigenvalue weighted by atomic mass is 9.93. The van der Waals surface area contributed by atoms with E-state index in [1.807, 2.05) is 13.0 Å². The fourth-order valence-corrected chi connectivity index (χ4v) is 1.60. The highest BCUT2D eigenvalue weighted by atomic mass is 19.1. The summed E-state index contributed by atoms with van der Waals surface area (Å²) in [6.45, 7) is 2.03. The molecule has 1 aromatic heterocycles. The molecule has 2 heteroatoms. The highest BCUT2D eigenvalue weighted by Gasteiger charge is 2.08. The van der Waals surface area contributed by atoms with Crippen molar-refractivity contribution < 1.29 is 4.39 Å². The van der Waals surface area contributed by atoms with Crippen LogP contribution in [0.15, 0.2) is 36.1 Å². The molecule has 0 aliphatic heterocycles. The number of allylic oxidation sites excluding steroid dienone is 4. The second-order valence-corrected chi connectivity index (χ2v) is 3.31. The molecular weight excluding hydrogens is 177 g/mol. The van der Waals surface area contributed by atoms with Crippen LogP contribution in [0.1, 0.15) is 18.9 Å². The Morgan fingerprint density at radius 2 is 2.29 bits per heavy atom. The molecule has 1 heterocycles. The van der Waals surface area contributed by atoms with Crippen molar-refractivity contribution in [2.24, 2.45) is 0 Å². The molecular formula is C12H11FN. The SMILES string of the molecule is CC1=C(c2ccnc(F)c2)[CH]CC=C1. The number of nitrogens with zero attached hydrogens (tertiary/aromatic N) is 1. The van der Waals surface area contributed by atoms with Crippen molar-refractivity contribution in [2.45, 2.75) is 13.3 Å².